The summed E-state index contributed by atoms with van der Waals surface area (Å²) in [5.41, 5.74) is 4.91. The van der Waals surface area contributed by atoms with Gasteiger partial charge >= 0.3 is 0 Å². The van der Waals surface area contributed by atoms with Gasteiger partial charge in [-0.2, -0.15) is 0 Å². The lowest BCUT2D eigenvalue weighted by atomic mass is 10.1. The van der Waals surface area contributed by atoms with Crippen molar-refractivity contribution in [2.75, 3.05) is 12.3 Å². The summed E-state index contributed by atoms with van der Waals surface area (Å²) in [6, 6.07) is 0.0721. The minimum atomic E-state index is -0.895. The Morgan fingerprint density at radius 3 is 2.86 bits per heavy atom. The van der Waals surface area contributed by atoms with E-state index in [9.17, 15) is 24.5 Å². The quantitative estimate of drug-likeness (QED) is 0.406. The number of amides is 3. The van der Waals surface area contributed by atoms with Crippen molar-refractivity contribution in [1.29, 1.82) is 0 Å². The maximum Gasteiger partial charge on any atom is 0.288 e. The summed E-state index contributed by atoms with van der Waals surface area (Å²) < 4.78 is 0. The molecule has 0 aliphatic carbocycles. The van der Waals surface area contributed by atoms with Crippen LogP contribution in [-0.4, -0.2) is 45.1 Å². The fourth-order valence-electron chi connectivity index (χ4n) is 1.85. The van der Waals surface area contributed by atoms with Gasteiger partial charge in [0.15, 0.2) is 0 Å². The molecule has 1 aromatic heterocycles. The van der Waals surface area contributed by atoms with Crippen LogP contribution >= 0.6 is 0 Å². The maximum absolute atomic E-state index is 12.3. The molecule has 3 amide bonds. The van der Waals surface area contributed by atoms with Gasteiger partial charge in [0.2, 0.25) is 11.8 Å². The summed E-state index contributed by atoms with van der Waals surface area (Å²) in [5, 5.41) is 12.8. The fourth-order valence-corrected chi connectivity index (χ4v) is 1.85. The molecule has 0 spiro atoms. The molecule has 0 bridgehead atoms. The summed E-state index contributed by atoms with van der Waals surface area (Å²) >= 11 is 0. The lowest BCUT2D eigenvalue weighted by molar-refractivity contribution is -0.385. The number of rotatable bonds is 2. The van der Waals surface area contributed by atoms with Crippen LogP contribution < -0.4 is 11.1 Å². The Bertz CT molecular complexity index is 658. The number of hydrogen-bond acceptors (Lipinski definition) is 7. The molecule has 0 radical (unpaired) electrons. The van der Waals surface area contributed by atoms with Gasteiger partial charge < -0.3 is 10.6 Å². The summed E-state index contributed by atoms with van der Waals surface area (Å²) in [4.78, 5) is 49.8. The van der Waals surface area contributed by atoms with Gasteiger partial charge in [-0.3, -0.25) is 29.8 Å². The number of carbonyl (C=O) groups excluding carboxylic acids is 3. The number of nitro groups is 1. The highest BCUT2D eigenvalue weighted by Gasteiger charge is 2.35. The number of carbonyl (C=O) groups is 3. The second-order valence-electron chi connectivity index (χ2n) is 4.40. The van der Waals surface area contributed by atoms with Crippen LogP contribution in [0.1, 0.15) is 17.3 Å². The first-order chi connectivity index (χ1) is 9.81. The molecule has 21 heavy (non-hydrogen) atoms. The minimum Gasteiger partial charge on any atom is -0.383 e. The number of aromatic nitrogens is 1. The molecule has 10 heteroatoms. The van der Waals surface area contributed by atoms with E-state index in [1.165, 1.54) is 6.92 Å². The first-order valence-electron chi connectivity index (χ1n) is 5.86. The number of nitrogen functional groups attached to an aromatic ring is 1. The molecule has 3 N–H and O–H groups in total. The largest absolute Gasteiger partial charge is 0.383 e. The average Bonchev–Trinajstić information content (AvgIpc) is 2.42. The van der Waals surface area contributed by atoms with Gasteiger partial charge in [-0.1, -0.05) is 0 Å². The zero-order chi connectivity index (χ0) is 15.7. The van der Waals surface area contributed by atoms with E-state index in [1.807, 2.05) is 0 Å². The second-order valence-corrected chi connectivity index (χ2v) is 4.40. The molecule has 1 aliphatic rings. The van der Waals surface area contributed by atoms with Crippen LogP contribution in [0.3, 0.4) is 0 Å². The molecule has 2 rings (SSSR count). The third-order valence-electron chi connectivity index (χ3n) is 3.03. The number of nitrogens with one attached hydrogen (secondary N) is 1. The predicted octanol–water partition coefficient (Wildman–Crippen LogP) is -0.941. The van der Waals surface area contributed by atoms with E-state index in [-0.39, 0.29) is 17.9 Å². The van der Waals surface area contributed by atoms with E-state index in [2.05, 4.69) is 10.3 Å². The van der Waals surface area contributed by atoms with Crippen LogP contribution in [0.5, 0.6) is 0 Å². The summed E-state index contributed by atoms with van der Waals surface area (Å²) in [5.74, 6) is -2.24. The Hall–Kier alpha value is -3.04. The van der Waals surface area contributed by atoms with Crippen LogP contribution in [0.2, 0.25) is 0 Å². The Labute approximate surface area is 118 Å². The van der Waals surface area contributed by atoms with E-state index in [0.717, 1.165) is 17.2 Å². The monoisotopic (exact) mass is 293 g/mol. The van der Waals surface area contributed by atoms with Crippen molar-refractivity contribution in [2.24, 2.45) is 0 Å². The summed E-state index contributed by atoms with van der Waals surface area (Å²) in [7, 11) is 0. The molecule has 1 aliphatic heterocycles. The normalized spacial score (nSPS) is 18.3. The van der Waals surface area contributed by atoms with Gasteiger partial charge in [-0.05, 0) is 6.92 Å². The zero-order valence-corrected chi connectivity index (χ0v) is 10.9. The molecule has 0 aromatic carbocycles. The topological polar surface area (TPSA) is 149 Å². The Morgan fingerprint density at radius 1 is 1.57 bits per heavy atom. The van der Waals surface area contributed by atoms with Gasteiger partial charge in [0.25, 0.3) is 11.6 Å². The highest BCUT2D eigenvalue weighted by Crippen LogP contribution is 2.20. The third-order valence-corrected chi connectivity index (χ3v) is 3.03. The van der Waals surface area contributed by atoms with Gasteiger partial charge in [0.1, 0.15) is 24.6 Å². The molecule has 10 nitrogen and oxygen atoms in total. The van der Waals surface area contributed by atoms with Crippen molar-refractivity contribution in [3.05, 3.63) is 27.9 Å². The van der Waals surface area contributed by atoms with Gasteiger partial charge in [-0.15, -0.1) is 0 Å². The van der Waals surface area contributed by atoms with Crippen molar-refractivity contribution in [3.63, 3.8) is 0 Å². The van der Waals surface area contributed by atoms with Crippen molar-refractivity contribution in [2.45, 2.75) is 13.0 Å². The van der Waals surface area contributed by atoms with Crippen LogP contribution in [0.15, 0.2) is 12.3 Å². The van der Waals surface area contributed by atoms with Crippen molar-refractivity contribution >= 4 is 29.2 Å². The molecule has 2 heterocycles. The highest BCUT2D eigenvalue weighted by molar-refractivity contribution is 6.08. The van der Waals surface area contributed by atoms with Gasteiger partial charge in [0, 0.05) is 6.07 Å². The second kappa shape index (κ2) is 5.15. The number of imide groups is 1. The number of piperazine rings is 1. The van der Waals surface area contributed by atoms with E-state index in [1.54, 1.807) is 0 Å². The molecule has 1 aromatic rings. The first-order valence-corrected chi connectivity index (χ1v) is 5.86. The van der Waals surface area contributed by atoms with E-state index < -0.39 is 34.4 Å². The maximum atomic E-state index is 12.3. The number of nitrogens with zero attached hydrogens (tertiary/aromatic N) is 3. The molecule has 1 saturated heterocycles. The molecule has 1 unspecified atom stereocenters. The summed E-state index contributed by atoms with van der Waals surface area (Å²) in [6.45, 7) is 1.09. The van der Waals surface area contributed by atoms with E-state index >= 15 is 0 Å². The lowest BCUT2D eigenvalue weighted by Crippen LogP contribution is -2.58. The molecule has 0 saturated carbocycles. The predicted molar refractivity (Wildman–Crippen MR) is 69.0 cm³/mol. The number of hydrogen-bond donors (Lipinski definition) is 2. The smallest absolute Gasteiger partial charge is 0.288 e. The molecular weight excluding hydrogens is 282 g/mol. The Kier molecular flexibility index (Phi) is 3.52. The van der Waals surface area contributed by atoms with Gasteiger partial charge in [-0.25, -0.2) is 4.98 Å². The zero-order valence-electron chi connectivity index (χ0n) is 10.9. The van der Waals surface area contributed by atoms with Crippen molar-refractivity contribution in [1.82, 2.24) is 15.2 Å². The molecule has 1 fully saturated rings. The van der Waals surface area contributed by atoms with Gasteiger partial charge in [0.05, 0.1) is 10.5 Å². The van der Waals surface area contributed by atoms with Crippen molar-refractivity contribution < 1.29 is 19.3 Å². The first kappa shape index (κ1) is 14.4. The van der Waals surface area contributed by atoms with Crippen LogP contribution in [-0.2, 0) is 9.59 Å². The lowest BCUT2D eigenvalue weighted by Gasteiger charge is -2.31. The average molecular weight is 293 g/mol. The van der Waals surface area contributed by atoms with E-state index in [0.29, 0.717) is 0 Å². The van der Waals surface area contributed by atoms with E-state index in [4.69, 9.17) is 5.73 Å². The van der Waals surface area contributed by atoms with Crippen LogP contribution in [0, 0.1) is 10.1 Å². The Balaban J connectivity index is 2.39. The van der Waals surface area contributed by atoms with Crippen molar-refractivity contribution in [3.8, 4) is 0 Å². The SMILES string of the molecule is CC1C(=O)NC(=O)CN1C(=O)c1cc([N+](=O)[O-])cnc1N. The molecule has 1 atom stereocenters. The number of anilines is 1. The fraction of sp³-hybridized carbons (Fsp3) is 0.273. The van der Waals surface area contributed by atoms with Crippen LogP contribution in [0.25, 0.3) is 0 Å². The standard InChI is InChI=1S/C11H11N5O5/c1-5-10(18)14-8(17)4-15(5)11(19)7-2-6(16(20)21)3-13-9(7)12/h2-3,5H,4H2,1H3,(H2,12,13)(H,14,17,18). The highest BCUT2D eigenvalue weighted by atomic mass is 16.6. The number of nitrogens with two attached hydrogens (primary N) is 1. The third kappa shape index (κ3) is 2.63. The van der Waals surface area contributed by atoms with Crippen LogP contribution in [0.4, 0.5) is 11.5 Å². The summed E-state index contributed by atoms with van der Waals surface area (Å²) in [6.07, 6.45) is 0.920. The Morgan fingerprint density at radius 2 is 2.24 bits per heavy atom. The number of pyridine rings is 1. The molecular formula is C11H11N5O5. The minimum absolute atomic E-state index is 0.212. The molecule has 110 valence electrons.